The first-order chi connectivity index (χ1) is 13.1. The summed E-state index contributed by atoms with van der Waals surface area (Å²) >= 11 is 0. The Kier molecular flexibility index (Phi) is 3.54. The van der Waals surface area contributed by atoms with E-state index in [2.05, 4.69) is 15.0 Å². The van der Waals surface area contributed by atoms with Crippen molar-refractivity contribution in [2.24, 2.45) is 7.05 Å². The van der Waals surface area contributed by atoms with E-state index in [9.17, 15) is 4.79 Å². The maximum absolute atomic E-state index is 13.1. The largest absolute Gasteiger partial charge is 0.469 e. The molecular formula is C19H20N6O2. The number of imidazole rings is 1. The van der Waals surface area contributed by atoms with E-state index < -0.39 is 0 Å². The molecule has 0 spiro atoms. The number of hydrogen-bond acceptors (Lipinski definition) is 5. The van der Waals surface area contributed by atoms with Crippen LogP contribution in [0.3, 0.4) is 0 Å². The van der Waals surface area contributed by atoms with Gasteiger partial charge >= 0.3 is 0 Å². The molecule has 0 aromatic carbocycles. The number of hydrogen-bond donors (Lipinski definition) is 1. The van der Waals surface area contributed by atoms with Gasteiger partial charge in [-0.25, -0.2) is 14.5 Å². The Morgan fingerprint density at radius 1 is 1.37 bits per heavy atom. The fourth-order valence-corrected chi connectivity index (χ4v) is 3.72. The van der Waals surface area contributed by atoms with Crippen LogP contribution in [0.1, 0.15) is 22.8 Å². The number of rotatable bonds is 3. The van der Waals surface area contributed by atoms with Crippen molar-refractivity contribution >= 4 is 5.65 Å². The van der Waals surface area contributed by atoms with Gasteiger partial charge in [-0.15, -0.1) is 0 Å². The number of aromatic nitrogens is 5. The van der Waals surface area contributed by atoms with Crippen molar-refractivity contribution in [2.45, 2.75) is 26.4 Å². The number of nitrogens with one attached hydrogen (secondary N) is 1. The third-order valence-electron chi connectivity index (χ3n) is 5.28. The van der Waals surface area contributed by atoms with E-state index in [1.807, 2.05) is 36.9 Å². The number of nitrogens with zero attached hydrogens (tertiary/aromatic N) is 5. The van der Waals surface area contributed by atoms with Crippen molar-refractivity contribution in [3.63, 3.8) is 0 Å². The van der Waals surface area contributed by atoms with Crippen molar-refractivity contribution in [2.75, 3.05) is 6.54 Å². The van der Waals surface area contributed by atoms with Gasteiger partial charge in [0.05, 0.1) is 29.8 Å². The molecule has 27 heavy (non-hydrogen) atoms. The highest BCUT2D eigenvalue weighted by Gasteiger charge is 2.23. The smallest absolute Gasteiger partial charge is 0.277 e. The monoisotopic (exact) mass is 364 g/mol. The van der Waals surface area contributed by atoms with Gasteiger partial charge in [-0.3, -0.25) is 14.8 Å². The minimum Gasteiger partial charge on any atom is -0.469 e. The Morgan fingerprint density at radius 2 is 2.26 bits per heavy atom. The molecule has 5 heterocycles. The molecule has 138 valence electrons. The van der Waals surface area contributed by atoms with Crippen LogP contribution in [0.5, 0.6) is 0 Å². The fraction of sp³-hybridized carbons (Fsp3) is 0.316. The van der Waals surface area contributed by atoms with Gasteiger partial charge in [0, 0.05) is 50.6 Å². The van der Waals surface area contributed by atoms with E-state index >= 15 is 0 Å². The van der Waals surface area contributed by atoms with Crippen molar-refractivity contribution in [1.29, 1.82) is 0 Å². The van der Waals surface area contributed by atoms with Gasteiger partial charge in [0.25, 0.3) is 5.56 Å². The fourth-order valence-electron chi connectivity index (χ4n) is 3.72. The van der Waals surface area contributed by atoms with Crippen molar-refractivity contribution in [1.82, 2.24) is 29.0 Å². The molecule has 4 aromatic heterocycles. The molecular weight excluding hydrogens is 344 g/mol. The highest BCUT2D eigenvalue weighted by atomic mass is 16.3. The summed E-state index contributed by atoms with van der Waals surface area (Å²) in [6.07, 6.45) is 6.14. The van der Waals surface area contributed by atoms with Gasteiger partial charge in [-0.1, -0.05) is 0 Å². The highest BCUT2D eigenvalue weighted by molar-refractivity contribution is 5.65. The summed E-state index contributed by atoms with van der Waals surface area (Å²) < 4.78 is 8.92. The average molecular weight is 364 g/mol. The predicted molar refractivity (Wildman–Crippen MR) is 99.3 cm³/mol. The van der Waals surface area contributed by atoms with Gasteiger partial charge in [-0.05, 0) is 13.0 Å². The maximum Gasteiger partial charge on any atom is 0.277 e. The summed E-state index contributed by atoms with van der Waals surface area (Å²) in [6, 6.07) is 3.79. The molecule has 0 atom stereocenters. The Bertz CT molecular complexity index is 1190. The van der Waals surface area contributed by atoms with Crippen LogP contribution in [0.25, 0.3) is 16.9 Å². The van der Waals surface area contributed by atoms with Crippen LogP contribution < -0.4 is 5.56 Å². The highest BCUT2D eigenvalue weighted by Crippen LogP contribution is 2.24. The molecule has 1 aliphatic heterocycles. The minimum absolute atomic E-state index is 0.0352. The van der Waals surface area contributed by atoms with Crippen molar-refractivity contribution in [3.8, 4) is 11.3 Å². The molecule has 0 amide bonds. The van der Waals surface area contributed by atoms with E-state index in [-0.39, 0.29) is 5.56 Å². The topological polar surface area (TPSA) is 84.4 Å². The predicted octanol–water partition coefficient (Wildman–Crippen LogP) is 1.88. The number of aryl methyl sites for hydroxylation is 2. The summed E-state index contributed by atoms with van der Waals surface area (Å²) in [5.74, 6) is 1.80. The first-order valence-corrected chi connectivity index (χ1v) is 8.96. The summed E-state index contributed by atoms with van der Waals surface area (Å²) in [4.78, 5) is 24.4. The third-order valence-corrected chi connectivity index (χ3v) is 5.28. The number of H-pyrrole nitrogens is 1. The Hall–Kier alpha value is -3.13. The molecule has 8 heteroatoms. The normalized spacial score (nSPS) is 14.7. The molecule has 0 saturated carbocycles. The third kappa shape index (κ3) is 2.60. The van der Waals surface area contributed by atoms with Crippen LogP contribution in [-0.2, 0) is 26.6 Å². The molecule has 1 N–H and O–H groups in total. The van der Waals surface area contributed by atoms with E-state index in [0.29, 0.717) is 12.2 Å². The second-order valence-corrected chi connectivity index (χ2v) is 7.01. The van der Waals surface area contributed by atoms with E-state index in [4.69, 9.17) is 9.40 Å². The maximum atomic E-state index is 13.1. The van der Waals surface area contributed by atoms with Crippen LogP contribution in [0.4, 0.5) is 0 Å². The molecule has 4 aromatic rings. The first kappa shape index (κ1) is 16.1. The van der Waals surface area contributed by atoms with Gasteiger partial charge in [0.2, 0.25) is 0 Å². The van der Waals surface area contributed by atoms with Crippen LogP contribution in [0, 0.1) is 6.92 Å². The standard InChI is InChI=1S/C19H20N6O2/c1-12-13(4-8-27-12)16-9-17-21-15-3-6-24(11-18-20-5-7-23(18)2)10-14(15)19(26)25(17)22-16/h4-5,7-9,22H,3,6,10-11H2,1-2H3. The molecule has 0 fully saturated rings. The number of furan rings is 1. The lowest BCUT2D eigenvalue weighted by atomic mass is 10.1. The number of aromatic amines is 1. The zero-order valence-electron chi connectivity index (χ0n) is 15.3. The zero-order valence-corrected chi connectivity index (χ0v) is 15.3. The van der Waals surface area contributed by atoms with Crippen LogP contribution in [0.2, 0.25) is 0 Å². The summed E-state index contributed by atoms with van der Waals surface area (Å²) in [5.41, 5.74) is 4.03. The average Bonchev–Trinajstić information content (AvgIpc) is 3.36. The van der Waals surface area contributed by atoms with Gasteiger partial charge in [0.15, 0.2) is 5.65 Å². The summed E-state index contributed by atoms with van der Waals surface area (Å²) in [5, 5.41) is 3.17. The molecule has 8 nitrogen and oxygen atoms in total. The molecule has 1 aliphatic rings. The molecule has 0 aliphatic carbocycles. The Morgan fingerprint density at radius 3 is 3.00 bits per heavy atom. The van der Waals surface area contributed by atoms with E-state index in [0.717, 1.165) is 53.6 Å². The number of fused-ring (bicyclic) bond motifs is 2. The van der Waals surface area contributed by atoms with Gasteiger partial charge in [0.1, 0.15) is 11.6 Å². The minimum atomic E-state index is -0.0352. The second kappa shape index (κ2) is 5.95. The van der Waals surface area contributed by atoms with Gasteiger partial charge in [-0.2, -0.15) is 0 Å². The molecule has 0 bridgehead atoms. The van der Waals surface area contributed by atoms with Crippen molar-refractivity contribution < 1.29 is 4.42 Å². The van der Waals surface area contributed by atoms with E-state index in [1.165, 1.54) is 4.52 Å². The molecule has 0 unspecified atom stereocenters. The Balaban J connectivity index is 1.52. The SMILES string of the molecule is Cc1occc1-c1cc2nc3c(c(=O)n2[nH]1)CN(Cc1nccn1C)CC3. The van der Waals surface area contributed by atoms with Crippen LogP contribution in [0.15, 0.2) is 40.0 Å². The summed E-state index contributed by atoms with van der Waals surface area (Å²) in [6.45, 7) is 4.06. The Labute approximate surface area is 155 Å². The van der Waals surface area contributed by atoms with Crippen molar-refractivity contribution in [3.05, 3.63) is 64.0 Å². The molecule has 0 radical (unpaired) electrons. The zero-order chi connectivity index (χ0) is 18.5. The summed E-state index contributed by atoms with van der Waals surface area (Å²) in [7, 11) is 1.98. The van der Waals surface area contributed by atoms with E-state index in [1.54, 1.807) is 12.5 Å². The second-order valence-electron chi connectivity index (χ2n) is 7.01. The quantitative estimate of drug-likeness (QED) is 0.600. The lowest BCUT2D eigenvalue weighted by molar-refractivity contribution is 0.233. The lowest BCUT2D eigenvalue weighted by Crippen LogP contribution is -2.36. The molecule has 0 saturated heterocycles. The first-order valence-electron chi connectivity index (χ1n) is 8.96. The van der Waals surface area contributed by atoms with Gasteiger partial charge < -0.3 is 8.98 Å². The van der Waals surface area contributed by atoms with Crippen LogP contribution >= 0.6 is 0 Å². The lowest BCUT2D eigenvalue weighted by Gasteiger charge is -2.27. The van der Waals surface area contributed by atoms with Crippen LogP contribution in [-0.4, -0.2) is 35.6 Å². The molecule has 5 rings (SSSR count).